The van der Waals surface area contributed by atoms with Crippen molar-refractivity contribution < 1.29 is 48.0 Å². The zero-order chi connectivity index (χ0) is 28.2. The highest BCUT2D eigenvalue weighted by Crippen LogP contribution is 2.29. The van der Waals surface area contributed by atoms with Crippen LogP contribution in [0.4, 0.5) is 0 Å². The van der Waals surface area contributed by atoms with Crippen molar-refractivity contribution in [3.63, 3.8) is 0 Å². The smallest absolute Gasteiger partial charge is 0.330 e. The Morgan fingerprint density at radius 3 is 1.46 bits per heavy atom. The maximum Gasteiger partial charge on any atom is 0.330 e. The normalized spacial score (nSPS) is 12.5. The van der Waals surface area contributed by atoms with Gasteiger partial charge in [-0.3, -0.25) is 4.79 Å². The summed E-state index contributed by atoms with van der Waals surface area (Å²) in [5.41, 5.74) is -1.73. The largest absolute Gasteiger partial charge is 0.465 e. The van der Waals surface area contributed by atoms with E-state index in [0.717, 1.165) is 18.2 Å². The predicted octanol–water partition coefficient (Wildman–Crippen LogP) is 2.64. The van der Waals surface area contributed by atoms with E-state index in [0.29, 0.717) is 24.3 Å². The molecule has 0 saturated carbocycles. The predicted molar refractivity (Wildman–Crippen MR) is 140 cm³/mol. The lowest BCUT2D eigenvalue weighted by Crippen LogP contribution is -2.42. The van der Waals surface area contributed by atoms with Crippen LogP contribution in [0.2, 0.25) is 0 Å². The molecule has 0 aromatic heterocycles. The van der Waals surface area contributed by atoms with Crippen molar-refractivity contribution in [2.24, 2.45) is 10.8 Å². The van der Waals surface area contributed by atoms with Crippen LogP contribution in [0.3, 0.4) is 0 Å². The van der Waals surface area contributed by atoms with E-state index in [2.05, 4.69) is 19.7 Å². The summed E-state index contributed by atoms with van der Waals surface area (Å²) in [7, 11) is 0. The fourth-order valence-electron chi connectivity index (χ4n) is 2.82. The zero-order valence-corrected chi connectivity index (χ0v) is 22.7. The molecule has 0 aromatic rings. The molecule has 0 heterocycles. The van der Waals surface area contributed by atoms with E-state index in [1.807, 2.05) is 13.8 Å². The number of hydrogen-bond donors (Lipinski definition) is 1. The summed E-state index contributed by atoms with van der Waals surface area (Å²) in [6.07, 6.45) is 4.15. The summed E-state index contributed by atoms with van der Waals surface area (Å²) in [5, 5.41) is 8.84. The third-order valence-electron chi connectivity index (χ3n) is 5.60. The molecule has 0 saturated heterocycles. The number of esters is 4. The number of aliphatic hydroxyl groups is 1. The number of ether oxygens (including phenoxy) is 5. The monoisotopic (exact) mass is 544 g/mol. The third kappa shape index (κ3) is 14.6. The summed E-state index contributed by atoms with van der Waals surface area (Å²) >= 11 is 1.43. The number of thioether (sulfide) groups is 1. The van der Waals surface area contributed by atoms with Gasteiger partial charge in [-0.25, -0.2) is 14.4 Å². The van der Waals surface area contributed by atoms with Crippen molar-refractivity contribution in [1.82, 2.24) is 0 Å². The van der Waals surface area contributed by atoms with Gasteiger partial charge in [-0.15, -0.1) is 0 Å². The van der Waals surface area contributed by atoms with Gasteiger partial charge in [0, 0.05) is 29.7 Å². The maximum absolute atomic E-state index is 12.2. The Balaban J connectivity index is 5.46. The number of carbonyl (C=O) groups is 4. The first-order valence-electron chi connectivity index (χ1n) is 11.9. The van der Waals surface area contributed by atoms with Crippen molar-refractivity contribution in [3.8, 4) is 0 Å². The highest BCUT2D eigenvalue weighted by molar-refractivity contribution is 7.99. The van der Waals surface area contributed by atoms with Crippen LogP contribution in [-0.2, 0) is 42.9 Å². The lowest BCUT2D eigenvalue weighted by atomic mass is 9.86. The van der Waals surface area contributed by atoms with Gasteiger partial charge in [0.25, 0.3) is 0 Å². The molecule has 10 nitrogen and oxygen atoms in total. The number of carbonyl (C=O) groups excluding carboxylic acids is 4. The Morgan fingerprint density at radius 1 is 0.703 bits per heavy atom. The van der Waals surface area contributed by atoms with Gasteiger partial charge in [-0.2, -0.15) is 11.8 Å². The first kappa shape index (κ1) is 34.4. The quantitative estimate of drug-likeness (QED) is 0.0933. The molecule has 0 aliphatic carbocycles. The summed E-state index contributed by atoms with van der Waals surface area (Å²) < 4.78 is 27.2. The van der Waals surface area contributed by atoms with E-state index >= 15 is 0 Å². The van der Waals surface area contributed by atoms with Crippen LogP contribution in [0.1, 0.15) is 33.1 Å². The van der Waals surface area contributed by atoms with E-state index in [-0.39, 0.29) is 52.7 Å². The average Bonchev–Trinajstić information content (AvgIpc) is 2.92. The summed E-state index contributed by atoms with van der Waals surface area (Å²) in [6.45, 7) is 13.6. The number of aliphatic hydroxyl groups excluding tert-OH is 1. The molecule has 0 radical (unpaired) electrons. The Labute approximate surface area is 223 Å². The minimum atomic E-state index is -0.866. The van der Waals surface area contributed by atoms with E-state index in [1.165, 1.54) is 11.8 Å². The Bertz CT molecular complexity index is 742. The van der Waals surface area contributed by atoms with Crippen LogP contribution in [-0.4, -0.2) is 86.7 Å². The van der Waals surface area contributed by atoms with E-state index in [4.69, 9.17) is 28.8 Å². The van der Waals surface area contributed by atoms with Gasteiger partial charge >= 0.3 is 23.9 Å². The lowest BCUT2D eigenvalue weighted by Gasteiger charge is -2.35. The van der Waals surface area contributed by atoms with Crippen molar-refractivity contribution in [2.75, 3.05) is 57.8 Å². The third-order valence-corrected chi connectivity index (χ3v) is 6.57. The van der Waals surface area contributed by atoms with Crippen LogP contribution >= 0.6 is 11.8 Å². The van der Waals surface area contributed by atoms with Gasteiger partial charge < -0.3 is 28.8 Å². The first-order valence-corrected chi connectivity index (χ1v) is 13.1. The fraction of sp³-hybridized carbons (Fsp3) is 0.615. The van der Waals surface area contributed by atoms with E-state index < -0.39 is 34.7 Å². The summed E-state index contributed by atoms with van der Waals surface area (Å²) in [4.78, 5) is 47.3. The molecular formula is C26H40O10S. The molecule has 0 spiro atoms. The fourth-order valence-corrected chi connectivity index (χ4v) is 3.47. The molecule has 0 amide bonds. The molecule has 0 aliphatic rings. The Morgan fingerprint density at radius 2 is 1.11 bits per heavy atom. The highest BCUT2D eigenvalue weighted by atomic mass is 32.2. The zero-order valence-electron chi connectivity index (χ0n) is 21.9. The standard InChI is InChI=1S/C26H40O10S/c1-6-21(28)33-17-25(9-4,18-34-22(29)7-2)15-32-16-26(10-5,19-35-23(30)8-3)20-36-24(31)11-13-37-14-12-27/h6-8,27H,1-3,9-20H2,4-5H3. The van der Waals surface area contributed by atoms with Crippen LogP contribution in [0, 0.1) is 10.8 Å². The van der Waals surface area contributed by atoms with Gasteiger partial charge in [-0.1, -0.05) is 33.6 Å². The molecule has 37 heavy (non-hydrogen) atoms. The van der Waals surface area contributed by atoms with Crippen molar-refractivity contribution in [3.05, 3.63) is 38.0 Å². The van der Waals surface area contributed by atoms with Crippen LogP contribution in [0.15, 0.2) is 38.0 Å². The van der Waals surface area contributed by atoms with Crippen molar-refractivity contribution in [1.29, 1.82) is 0 Å². The average molecular weight is 545 g/mol. The van der Waals surface area contributed by atoms with Gasteiger partial charge in [0.05, 0.1) is 37.1 Å². The highest BCUT2D eigenvalue weighted by Gasteiger charge is 2.36. The van der Waals surface area contributed by atoms with Gasteiger partial charge in [0.1, 0.15) is 26.4 Å². The van der Waals surface area contributed by atoms with Gasteiger partial charge in [0.2, 0.25) is 0 Å². The lowest BCUT2D eigenvalue weighted by molar-refractivity contribution is -0.159. The van der Waals surface area contributed by atoms with E-state index in [9.17, 15) is 19.2 Å². The minimum Gasteiger partial charge on any atom is -0.465 e. The SMILES string of the molecule is C=CC(=O)OCC(CC)(COCC(CC)(COC(=O)C=C)COC(=O)CCSCCO)COC(=O)C=C. The molecule has 1 N–H and O–H groups in total. The van der Waals surface area contributed by atoms with Crippen LogP contribution in [0.5, 0.6) is 0 Å². The molecule has 11 heteroatoms. The Hall–Kier alpha value is -2.63. The van der Waals surface area contributed by atoms with Gasteiger partial charge in [-0.05, 0) is 12.8 Å². The summed E-state index contributed by atoms with van der Waals surface area (Å²) in [5.74, 6) is -1.27. The molecule has 1 atom stereocenters. The molecule has 0 aromatic carbocycles. The van der Waals surface area contributed by atoms with Crippen LogP contribution in [0.25, 0.3) is 0 Å². The minimum absolute atomic E-state index is 0.0290. The molecule has 0 aliphatic heterocycles. The molecular weight excluding hydrogens is 504 g/mol. The summed E-state index contributed by atoms with van der Waals surface area (Å²) in [6, 6.07) is 0. The molecule has 1 unspecified atom stereocenters. The second kappa shape index (κ2) is 19.5. The number of hydrogen-bond acceptors (Lipinski definition) is 11. The van der Waals surface area contributed by atoms with Gasteiger partial charge in [0.15, 0.2) is 0 Å². The van der Waals surface area contributed by atoms with Crippen molar-refractivity contribution >= 4 is 35.6 Å². The first-order chi connectivity index (χ1) is 17.6. The second-order valence-corrected chi connectivity index (χ2v) is 9.61. The topological polar surface area (TPSA) is 135 Å². The second-order valence-electron chi connectivity index (χ2n) is 8.38. The molecule has 210 valence electrons. The Kier molecular flexibility index (Phi) is 18.1. The maximum atomic E-state index is 12.2. The van der Waals surface area contributed by atoms with E-state index in [1.54, 1.807) is 0 Å². The number of rotatable bonds is 22. The van der Waals surface area contributed by atoms with Crippen molar-refractivity contribution in [2.45, 2.75) is 33.1 Å². The molecule has 0 rings (SSSR count). The molecule has 0 fully saturated rings. The molecule has 0 bridgehead atoms. The van der Waals surface area contributed by atoms with Crippen LogP contribution < -0.4 is 0 Å².